The maximum absolute atomic E-state index is 7.57. The fourth-order valence-electron chi connectivity index (χ4n) is 2.57. The zero-order valence-corrected chi connectivity index (χ0v) is 12.7. The topological polar surface area (TPSA) is 50.2 Å². The van der Waals surface area contributed by atoms with Crippen LogP contribution in [0.25, 0.3) is 0 Å². The van der Waals surface area contributed by atoms with E-state index in [2.05, 4.69) is 27.7 Å². The first-order valence-corrected chi connectivity index (χ1v) is 7.12. The molecule has 0 bridgehead atoms. The normalized spacial score (nSPS) is 10.2. The summed E-state index contributed by atoms with van der Waals surface area (Å²) >= 11 is 0. The molecule has 0 aliphatic carbocycles. The molecule has 0 aliphatic heterocycles. The molecule has 0 heterocycles. The van der Waals surface area contributed by atoms with Crippen LogP contribution >= 0.6 is 0 Å². The smallest absolute Gasteiger partial charge is 0.0783 e. The van der Waals surface area contributed by atoms with E-state index in [1.807, 2.05) is 0 Å². The Morgan fingerprint density at radius 2 is 0.824 bits per heavy atom. The molecule has 0 aromatic carbocycles. The van der Waals surface area contributed by atoms with Crippen molar-refractivity contribution in [1.29, 1.82) is 0 Å². The Kier molecular flexibility index (Phi) is 20.6. The van der Waals surface area contributed by atoms with Crippen molar-refractivity contribution in [3.8, 4) is 0 Å². The molecule has 0 saturated heterocycles. The number of hydrogen-bond acceptors (Lipinski definition) is 2. The number of aliphatic hydroxyl groups is 1. The van der Waals surface area contributed by atoms with Gasteiger partial charge in [0.2, 0.25) is 0 Å². The molecule has 3 heteroatoms. The van der Waals surface area contributed by atoms with Gasteiger partial charge in [0.25, 0.3) is 0 Å². The third kappa shape index (κ3) is 12.1. The third-order valence-corrected chi connectivity index (χ3v) is 2.79. The molecule has 0 spiro atoms. The van der Waals surface area contributed by atoms with Crippen molar-refractivity contribution in [1.82, 2.24) is 0 Å². The molecule has 17 heavy (non-hydrogen) atoms. The quantitative estimate of drug-likeness (QED) is 0.671. The molecular weight excluding hydrogens is 214 g/mol. The van der Waals surface area contributed by atoms with Gasteiger partial charge in [-0.2, -0.15) is 0 Å². The van der Waals surface area contributed by atoms with Crippen LogP contribution in [0.3, 0.4) is 0 Å². The fraction of sp³-hybridized carbons (Fsp3) is 1.00. The summed E-state index contributed by atoms with van der Waals surface area (Å²) in [5, 5.41) is 7.57. The van der Waals surface area contributed by atoms with Crippen LogP contribution < -0.4 is 0 Å². The second-order valence-corrected chi connectivity index (χ2v) is 4.55. The minimum atomic E-state index is 0. The molecule has 3 nitrogen and oxygen atoms in total. The van der Waals surface area contributed by atoms with Crippen molar-refractivity contribution >= 4 is 0 Å². The molecule has 0 fully saturated rings. The SMILES string of the molecule is CCC[N+](CCC)(CCC)CCC.CCO.[OH-]. The van der Waals surface area contributed by atoms with Crippen LogP contribution in [-0.2, 0) is 0 Å². The van der Waals surface area contributed by atoms with Gasteiger partial charge in [-0.15, -0.1) is 0 Å². The van der Waals surface area contributed by atoms with E-state index < -0.39 is 0 Å². The van der Waals surface area contributed by atoms with Crippen LogP contribution in [-0.4, -0.2) is 47.9 Å². The molecule has 0 unspecified atom stereocenters. The molecule has 2 N–H and O–H groups in total. The van der Waals surface area contributed by atoms with Crippen molar-refractivity contribution in [3.63, 3.8) is 0 Å². The lowest BCUT2D eigenvalue weighted by Gasteiger charge is -2.38. The van der Waals surface area contributed by atoms with Crippen molar-refractivity contribution in [2.24, 2.45) is 0 Å². The predicted molar refractivity (Wildman–Crippen MR) is 75.6 cm³/mol. The monoisotopic (exact) mass is 249 g/mol. The second-order valence-electron chi connectivity index (χ2n) is 4.55. The predicted octanol–water partition coefficient (Wildman–Crippen LogP) is 3.27. The van der Waals surface area contributed by atoms with Gasteiger partial charge >= 0.3 is 0 Å². The Hall–Kier alpha value is -0.120. The Balaban J connectivity index is -0.000000440. The zero-order chi connectivity index (χ0) is 12.9. The van der Waals surface area contributed by atoms with E-state index in [1.165, 1.54) is 56.3 Å². The lowest BCUT2D eigenvalue weighted by molar-refractivity contribution is -0.928. The first kappa shape index (κ1) is 22.1. The summed E-state index contributed by atoms with van der Waals surface area (Å²) in [6.45, 7) is 16.7. The number of rotatable bonds is 8. The maximum Gasteiger partial charge on any atom is 0.0783 e. The average molecular weight is 249 g/mol. The maximum atomic E-state index is 7.57. The molecule has 0 amide bonds. The zero-order valence-electron chi connectivity index (χ0n) is 12.7. The van der Waals surface area contributed by atoms with Crippen molar-refractivity contribution in [3.05, 3.63) is 0 Å². The Bertz CT molecular complexity index is 99.9. The molecule has 0 rings (SSSR count). The first-order chi connectivity index (χ1) is 7.66. The summed E-state index contributed by atoms with van der Waals surface area (Å²) in [6.07, 6.45) is 5.33. The van der Waals surface area contributed by atoms with Crippen LogP contribution in [0.1, 0.15) is 60.3 Å². The standard InChI is InChI=1S/C12H28N.C2H6O.H2O/c1-5-9-13(10-6-2,11-7-3)12-8-4;1-2-3;/h5-12H2,1-4H3;3H,2H2,1H3;1H2/q+1;;/p-1. The summed E-state index contributed by atoms with van der Waals surface area (Å²) in [6, 6.07) is 0. The van der Waals surface area contributed by atoms with Gasteiger partial charge in [0.05, 0.1) is 26.2 Å². The van der Waals surface area contributed by atoms with E-state index >= 15 is 0 Å². The molecule has 0 saturated carbocycles. The second kappa shape index (κ2) is 15.9. The van der Waals surface area contributed by atoms with E-state index in [-0.39, 0.29) is 12.1 Å². The van der Waals surface area contributed by atoms with E-state index in [4.69, 9.17) is 5.11 Å². The van der Waals surface area contributed by atoms with Crippen LogP contribution in [0.2, 0.25) is 0 Å². The molecule has 0 aromatic heterocycles. The number of aliphatic hydroxyl groups excluding tert-OH is 1. The molecule has 0 aromatic rings. The van der Waals surface area contributed by atoms with Crippen molar-refractivity contribution in [2.75, 3.05) is 32.8 Å². The highest BCUT2D eigenvalue weighted by atomic mass is 16.2. The van der Waals surface area contributed by atoms with E-state index in [0.29, 0.717) is 0 Å². The van der Waals surface area contributed by atoms with Gasteiger partial charge in [0.15, 0.2) is 0 Å². The summed E-state index contributed by atoms with van der Waals surface area (Å²) in [5.41, 5.74) is 0. The van der Waals surface area contributed by atoms with E-state index in [9.17, 15) is 0 Å². The third-order valence-electron chi connectivity index (χ3n) is 2.79. The highest BCUT2D eigenvalue weighted by molar-refractivity contribution is 4.43. The molecule has 108 valence electrons. The van der Waals surface area contributed by atoms with Crippen LogP contribution in [0.5, 0.6) is 0 Å². The van der Waals surface area contributed by atoms with Gasteiger partial charge in [0, 0.05) is 6.61 Å². The van der Waals surface area contributed by atoms with Crippen molar-refractivity contribution in [2.45, 2.75) is 60.3 Å². The van der Waals surface area contributed by atoms with E-state index in [0.717, 1.165) is 0 Å². The van der Waals surface area contributed by atoms with Gasteiger partial charge in [0.1, 0.15) is 0 Å². The van der Waals surface area contributed by atoms with Gasteiger partial charge in [-0.05, 0) is 32.6 Å². The number of quaternary nitrogens is 1. The first-order valence-electron chi connectivity index (χ1n) is 7.12. The lowest BCUT2D eigenvalue weighted by Crippen LogP contribution is -2.50. The molecular formula is C14H35NO2. The van der Waals surface area contributed by atoms with Gasteiger partial charge in [-0.1, -0.05) is 27.7 Å². The molecule has 0 atom stereocenters. The average Bonchev–Trinajstić information content (AvgIpc) is 2.20. The van der Waals surface area contributed by atoms with Gasteiger partial charge < -0.3 is 15.1 Å². The summed E-state index contributed by atoms with van der Waals surface area (Å²) < 4.78 is 1.38. The minimum absolute atomic E-state index is 0. The van der Waals surface area contributed by atoms with Gasteiger partial charge in [-0.3, -0.25) is 0 Å². The minimum Gasteiger partial charge on any atom is -0.870 e. The van der Waals surface area contributed by atoms with Gasteiger partial charge in [-0.25, -0.2) is 0 Å². The summed E-state index contributed by atoms with van der Waals surface area (Å²) in [4.78, 5) is 0. The lowest BCUT2D eigenvalue weighted by atomic mass is 10.2. The van der Waals surface area contributed by atoms with Crippen LogP contribution in [0, 0.1) is 0 Å². The molecule has 0 aliphatic rings. The summed E-state index contributed by atoms with van der Waals surface area (Å²) in [7, 11) is 0. The molecule has 0 radical (unpaired) electrons. The number of nitrogens with zero attached hydrogens (tertiary/aromatic N) is 1. The Morgan fingerprint density at radius 3 is 0.941 bits per heavy atom. The largest absolute Gasteiger partial charge is 0.870 e. The van der Waals surface area contributed by atoms with E-state index in [1.54, 1.807) is 6.92 Å². The van der Waals surface area contributed by atoms with Crippen LogP contribution in [0.15, 0.2) is 0 Å². The van der Waals surface area contributed by atoms with Crippen LogP contribution in [0.4, 0.5) is 0 Å². The number of hydrogen-bond donors (Lipinski definition) is 1. The van der Waals surface area contributed by atoms with Crippen molar-refractivity contribution < 1.29 is 15.1 Å². The highest BCUT2D eigenvalue weighted by Crippen LogP contribution is 2.12. The fourth-order valence-corrected chi connectivity index (χ4v) is 2.57. The Labute approximate surface area is 109 Å². The highest BCUT2D eigenvalue weighted by Gasteiger charge is 2.22. The summed E-state index contributed by atoms with van der Waals surface area (Å²) in [5.74, 6) is 0. The Morgan fingerprint density at radius 1 is 0.647 bits per heavy atom.